The van der Waals surface area contributed by atoms with Crippen LogP contribution in [0, 0.1) is 11.3 Å². The van der Waals surface area contributed by atoms with Crippen LogP contribution in [-0.4, -0.2) is 26.3 Å². The van der Waals surface area contributed by atoms with Gasteiger partial charge in [0.1, 0.15) is 0 Å². The van der Waals surface area contributed by atoms with Gasteiger partial charge in [-0.25, -0.2) is 0 Å². The van der Waals surface area contributed by atoms with E-state index >= 15 is 0 Å². The Morgan fingerprint density at radius 3 is 2.73 bits per heavy atom. The van der Waals surface area contributed by atoms with Gasteiger partial charge in [0, 0.05) is 18.6 Å². The van der Waals surface area contributed by atoms with Crippen LogP contribution in [0.25, 0.3) is 0 Å². The predicted molar refractivity (Wildman–Crippen MR) is 65.1 cm³/mol. The molecule has 0 radical (unpaired) electrons. The van der Waals surface area contributed by atoms with Crippen LogP contribution >= 0.6 is 0 Å². The fourth-order valence-electron chi connectivity index (χ4n) is 2.44. The molecule has 1 rings (SSSR count). The van der Waals surface area contributed by atoms with E-state index in [4.69, 9.17) is 4.74 Å². The minimum atomic E-state index is 0.435. The highest BCUT2D eigenvalue weighted by atomic mass is 16.5. The van der Waals surface area contributed by atoms with Crippen LogP contribution in [0.1, 0.15) is 46.5 Å². The van der Waals surface area contributed by atoms with Gasteiger partial charge in [-0.2, -0.15) is 0 Å². The van der Waals surface area contributed by atoms with Gasteiger partial charge in [-0.3, -0.25) is 0 Å². The summed E-state index contributed by atoms with van der Waals surface area (Å²) in [4.78, 5) is 0. The normalized spacial score (nSPS) is 28.2. The fraction of sp³-hybridized carbons (Fsp3) is 1.00. The maximum Gasteiger partial charge on any atom is 0.0535 e. The molecule has 0 spiro atoms. The highest BCUT2D eigenvalue weighted by molar-refractivity contribution is 4.86. The van der Waals surface area contributed by atoms with Crippen LogP contribution in [-0.2, 0) is 4.74 Å². The van der Waals surface area contributed by atoms with Crippen LogP contribution in [0.4, 0.5) is 0 Å². The number of ether oxygens (including phenoxy) is 1. The molecule has 1 fully saturated rings. The highest BCUT2D eigenvalue weighted by Crippen LogP contribution is 2.35. The SMILES string of the molecule is CCCNCC1(CC(C)CC)CCOC1. The lowest BCUT2D eigenvalue weighted by atomic mass is 9.78. The summed E-state index contributed by atoms with van der Waals surface area (Å²) in [5.74, 6) is 0.829. The first-order valence-corrected chi connectivity index (χ1v) is 6.51. The van der Waals surface area contributed by atoms with E-state index in [-0.39, 0.29) is 0 Å². The van der Waals surface area contributed by atoms with Gasteiger partial charge in [0.15, 0.2) is 0 Å². The molecule has 0 aromatic heterocycles. The summed E-state index contributed by atoms with van der Waals surface area (Å²) >= 11 is 0. The van der Waals surface area contributed by atoms with Crippen molar-refractivity contribution in [1.29, 1.82) is 0 Å². The Hall–Kier alpha value is -0.0800. The molecule has 15 heavy (non-hydrogen) atoms. The molecular formula is C13H27NO. The maximum absolute atomic E-state index is 5.60. The average Bonchev–Trinajstić information content (AvgIpc) is 2.67. The molecule has 2 atom stereocenters. The molecule has 1 saturated heterocycles. The van der Waals surface area contributed by atoms with Gasteiger partial charge in [0.05, 0.1) is 6.61 Å². The molecule has 0 bridgehead atoms. The lowest BCUT2D eigenvalue weighted by Gasteiger charge is -2.30. The van der Waals surface area contributed by atoms with Gasteiger partial charge >= 0.3 is 0 Å². The first-order valence-electron chi connectivity index (χ1n) is 6.51. The molecule has 2 unspecified atom stereocenters. The van der Waals surface area contributed by atoms with E-state index in [1.807, 2.05) is 0 Å². The van der Waals surface area contributed by atoms with E-state index < -0.39 is 0 Å². The van der Waals surface area contributed by atoms with Gasteiger partial charge in [0.2, 0.25) is 0 Å². The molecule has 0 aliphatic carbocycles. The number of rotatable bonds is 7. The third-order valence-corrected chi connectivity index (χ3v) is 3.59. The Morgan fingerprint density at radius 1 is 1.40 bits per heavy atom. The summed E-state index contributed by atoms with van der Waals surface area (Å²) in [7, 11) is 0. The van der Waals surface area contributed by atoms with Gasteiger partial charge in [-0.15, -0.1) is 0 Å². The topological polar surface area (TPSA) is 21.3 Å². The minimum absolute atomic E-state index is 0.435. The van der Waals surface area contributed by atoms with E-state index in [2.05, 4.69) is 26.1 Å². The summed E-state index contributed by atoms with van der Waals surface area (Å²) in [5.41, 5.74) is 0.435. The van der Waals surface area contributed by atoms with Crippen LogP contribution in [0.2, 0.25) is 0 Å². The molecule has 2 nitrogen and oxygen atoms in total. The largest absolute Gasteiger partial charge is 0.381 e. The number of hydrogen-bond donors (Lipinski definition) is 1. The zero-order valence-electron chi connectivity index (χ0n) is 10.6. The van der Waals surface area contributed by atoms with Crippen LogP contribution < -0.4 is 5.32 Å². The van der Waals surface area contributed by atoms with Crippen molar-refractivity contribution >= 4 is 0 Å². The lowest BCUT2D eigenvalue weighted by Crippen LogP contribution is -2.36. The molecule has 0 saturated carbocycles. The summed E-state index contributed by atoms with van der Waals surface area (Å²) in [5, 5.41) is 3.57. The maximum atomic E-state index is 5.60. The fourth-order valence-corrected chi connectivity index (χ4v) is 2.44. The van der Waals surface area contributed by atoms with Crippen molar-refractivity contribution in [2.75, 3.05) is 26.3 Å². The number of nitrogens with one attached hydrogen (secondary N) is 1. The summed E-state index contributed by atoms with van der Waals surface area (Å²) < 4.78 is 5.60. The molecule has 0 amide bonds. The Bertz CT molecular complexity index is 164. The summed E-state index contributed by atoms with van der Waals surface area (Å²) in [6.45, 7) is 11.1. The van der Waals surface area contributed by atoms with Crippen LogP contribution in [0.15, 0.2) is 0 Å². The molecule has 1 heterocycles. The third-order valence-electron chi connectivity index (χ3n) is 3.59. The number of hydrogen-bond acceptors (Lipinski definition) is 2. The summed E-state index contributed by atoms with van der Waals surface area (Å²) in [6.07, 6.45) is 5.07. The second-order valence-electron chi connectivity index (χ2n) is 5.20. The monoisotopic (exact) mass is 213 g/mol. The second kappa shape index (κ2) is 6.49. The van der Waals surface area contributed by atoms with E-state index in [9.17, 15) is 0 Å². The summed E-state index contributed by atoms with van der Waals surface area (Å²) in [6, 6.07) is 0. The zero-order valence-corrected chi connectivity index (χ0v) is 10.6. The van der Waals surface area contributed by atoms with Crippen molar-refractivity contribution in [2.24, 2.45) is 11.3 Å². The van der Waals surface area contributed by atoms with Crippen molar-refractivity contribution in [3.63, 3.8) is 0 Å². The molecule has 0 aromatic rings. The van der Waals surface area contributed by atoms with Crippen molar-refractivity contribution in [2.45, 2.75) is 46.5 Å². The quantitative estimate of drug-likeness (QED) is 0.657. The molecule has 1 aliphatic heterocycles. The first-order chi connectivity index (χ1) is 7.22. The predicted octanol–water partition coefficient (Wildman–Crippen LogP) is 2.83. The Kier molecular flexibility index (Phi) is 5.62. The Balaban J connectivity index is 2.39. The van der Waals surface area contributed by atoms with Crippen molar-refractivity contribution in [3.05, 3.63) is 0 Å². The molecular weight excluding hydrogens is 186 g/mol. The van der Waals surface area contributed by atoms with E-state index in [0.717, 1.165) is 32.2 Å². The van der Waals surface area contributed by atoms with Crippen molar-refractivity contribution in [1.82, 2.24) is 5.32 Å². The third kappa shape index (κ3) is 4.12. The smallest absolute Gasteiger partial charge is 0.0535 e. The zero-order chi connectivity index (χ0) is 11.1. The van der Waals surface area contributed by atoms with E-state index in [1.54, 1.807) is 0 Å². The minimum Gasteiger partial charge on any atom is -0.381 e. The first kappa shape index (κ1) is 13.0. The van der Waals surface area contributed by atoms with Crippen LogP contribution in [0.5, 0.6) is 0 Å². The van der Waals surface area contributed by atoms with Gasteiger partial charge in [0.25, 0.3) is 0 Å². The molecule has 1 N–H and O–H groups in total. The standard InChI is InChI=1S/C13H27NO/c1-4-7-14-10-13(6-8-15-11-13)9-12(3)5-2/h12,14H,4-11H2,1-3H3. The Labute approximate surface area is 94.8 Å². The molecule has 2 heteroatoms. The molecule has 90 valence electrons. The van der Waals surface area contributed by atoms with Crippen molar-refractivity contribution in [3.8, 4) is 0 Å². The van der Waals surface area contributed by atoms with E-state index in [1.165, 1.54) is 25.7 Å². The van der Waals surface area contributed by atoms with Crippen molar-refractivity contribution < 1.29 is 4.74 Å². The van der Waals surface area contributed by atoms with Crippen LogP contribution in [0.3, 0.4) is 0 Å². The Morgan fingerprint density at radius 2 is 2.20 bits per heavy atom. The van der Waals surface area contributed by atoms with Gasteiger partial charge < -0.3 is 10.1 Å². The molecule has 0 aromatic carbocycles. The molecule has 1 aliphatic rings. The highest BCUT2D eigenvalue weighted by Gasteiger charge is 2.35. The van der Waals surface area contributed by atoms with Gasteiger partial charge in [-0.1, -0.05) is 27.2 Å². The second-order valence-corrected chi connectivity index (χ2v) is 5.20. The average molecular weight is 213 g/mol. The lowest BCUT2D eigenvalue weighted by molar-refractivity contribution is 0.132. The van der Waals surface area contributed by atoms with Gasteiger partial charge in [-0.05, 0) is 31.7 Å². The van der Waals surface area contributed by atoms with E-state index in [0.29, 0.717) is 5.41 Å².